The molecule has 0 aliphatic carbocycles. The minimum Gasteiger partial charge on any atom is -0.421 e. The van der Waals surface area contributed by atoms with Crippen LogP contribution in [0.15, 0.2) is 80.0 Å². The van der Waals surface area contributed by atoms with Gasteiger partial charge in [-0.2, -0.15) is 10.1 Å². The number of rotatable bonds is 3. The quantitative estimate of drug-likeness (QED) is 0.270. The predicted molar refractivity (Wildman–Crippen MR) is 110 cm³/mol. The van der Waals surface area contributed by atoms with Gasteiger partial charge in [0, 0.05) is 17.0 Å². The van der Waals surface area contributed by atoms with Crippen LogP contribution in [0, 0.1) is 0 Å². The van der Waals surface area contributed by atoms with Gasteiger partial charge in [0.05, 0.1) is 11.9 Å². The number of aromatic nitrogens is 3. The van der Waals surface area contributed by atoms with Crippen molar-refractivity contribution in [2.45, 2.75) is 0 Å². The highest BCUT2D eigenvalue weighted by molar-refractivity contribution is 5.94. The van der Waals surface area contributed by atoms with Crippen molar-refractivity contribution >= 4 is 28.6 Å². The maximum atomic E-state index is 12.5. The fraction of sp³-hybridized carbons (Fsp3) is 0. The van der Waals surface area contributed by atoms with Crippen LogP contribution in [0.4, 0.5) is 5.69 Å². The van der Waals surface area contributed by atoms with Crippen molar-refractivity contribution in [3.63, 3.8) is 0 Å². The molecule has 144 valence electrons. The van der Waals surface area contributed by atoms with E-state index in [1.165, 1.54) is 4.80 Å². The van der Waals surface area contributed by atoms with Crippen molar-refractivity contribution in [1.82, 2.24) is 15.0 Å². The summed E-state index contributed by atoms with van der Waals surface area (Å²) in [7, 11) is 0. The Morgan fingerprint density at radius 3 is 2.59 bits per heavy atom. The topological polar surface area (TPSA) is 164 Å². The number of nitrogens with two attached hydrogens (primary N) is 3. The number of hydrogen-bond donors (Lipinski definition) is 3. The zero-order valence-electron chi connectivity index (χ0n) is 15.1. The van der Waals surface area contributed by atoms with Crippen LogP contribution in [0.5, 0.6) is 0 Å². The second kappa shape index (κ2) is 7.27. The number of fused-ring (bicyclic) bond motifs is 1. The normalized spacial score (nSPS) is 11.5. The SMILES string of the molecule is NC(N)=NC(N)=Nc1ccc2cc(-n3ncc(-c4ccccc4)n3)c(=O)oc2c1. The van der Waals surface area contributed by atoms with Crippen molar-refractivity contribution in [2.75, 3.05) is 0 Å². The molecule has 0 atom stereocenters. The molecule has 2 aromatic carbocycles. The zero-order chi connectivity index (χ0) is 20.4. The highest BCUT2D eigenvalue weighted by Crippen LogP contribution is 2.22. The average Bonchev–Trinajstić information content (AvgIpc) is 3.17. The van der Waals surface area contributed by atoms with Gasteiger partial charge < -0.3 is 21.6 Å². The van der Waals surface area contributed by atoms with E-state index >= 15 is 0 Å². The van der Waals surface area contributed by atoms with Gasteiger partial charge in [0.2, 0.25) is 5.96 Å². The minimum atomic E-state index is -0.592. The number of guanidine groups is 2. The van der Waals surface area contributed by atoms with E-state index in [9.17, 15) is 4.79 Å². The van der Waals surface area contributed by atoms with Gasteiger partial charge in [0.25, 0.3) is 0 Å². The minimum absolute atomic E-state index is 0.113. The third kappa shape index (κ3) is 3.81. The molecule has 0 saturated carbocycles. The summed E-state index contributed by atoms with van der Waals surface area (Å²) in [5.74, 6) is -0.317. The van der Waals surface area contributed by atoms with E-state index < -0.39 is 5.63 Å². The van der Waals surface area contributed by atoms with Crippen LogP contribution in [-0.2, 0) is 0 Å². The van der Waals surface area contributed by atoms with Crippen LogP contribution < -0.4 is 22.8 Å². The number of hydrogen-bond acceptors (Lipinski definition) is 5. The molecule has 2 heterocycles. The lowest BCUT2D eigenvalue weighted by Gasteiger charge is -2.02. The fourth-order valence-corrected chi connectivity index (χ4v) is 2.71. The molecule has 4 rings (SSSR count). The molecule has 0 amide bonds. The van der Waals surface area contributed by atoms with Crippen LogP contribution >= 0.6 is 0 Å². The van der Waals surface area contributed by atoms with E-state index in [-0.39, 0.29) is 17.6 Å². The van der Waals surface area contributed by atoms with Crippen molar-refractivity contribution in [1.29, 1.82) is 0 Å². The van der Waals surface area contributed by atoms with Crippen molar-refractivity contribution in [2.24, 2.45) is 27.2 Å². The highest BCUT2D eigenvalue weighted by Gasteiger charge is 2.12. The molecule has 0 fully saturated rings. The van der Waals surface area contributed by atoms with E-state index in [4.69, 9.17) is 21.6 Å². The Kier molecular flexibility index (Phi) is 4.49. The third-order valence-corrected chi connectivity index (χ3v) is 3.97. The molecule has 2 aromatic heterocycles. The summed E-state index contributed by atoms with van der Waals surface area (Å²) in [5, 5.41) is 9.22. The van der Waals surface area contributed by atoms with Gasteiger partial charge in [-0.25, -0.2) is 9.79 Å². The van der Waals surface area contributed by atoms with Gasteiger partial charge in [-0.1, -0.05) is 30.3 Å². The molecule has 0 spiro atoms. The predicted octanol–water partition coefficient (Wildman–Crippen LogP) is 1.26. The van der Waals surface area contributed by atoms with E-state index in [1.54, 1.807) is 30.5 Å². The second-order valence-corrected chi connectivity index (χ2v) is 6.03. The summed E-state index contributed by atoms with van der Waals surface area (Å²) in [6.07, 6.45) is 1.59. The molecule has 4 aromatic rings. The Balaban J connectivity index is 1.72. The lowest BCUT2D eigenvalue weighted by molar-refractivity contribution is 0.546. The summed E-state index contributed by atoms with van der Waals surface area (Å²) < 4.78 is 5.41. The first kappa shape index (κ1) is 17.9. The van der Waals surface area contributed by atoms with Crippen molar-refractivity contribution < 1.29 is 4.42 Å². The molecule has 6 N–H and O–H groups in total. The maximum absolute atomic E-state index is 12.5. The first-order chi connectivity index (χ1) is 14.0. The first-order valence-electron chi connectivity index (χ1n) is 8.49. The van der Waals surface area contributed by atoms with Gasteiger partial charge in [-0.15, -0.1) is 9.90 Å². The van der Waals surface area contributed by atoms with E-state index in [1.807, 2.05) is 30.3 Å². The Bertz CT molecular complexity index is 1300. The van der Waals surface area contributed by atoms with Gasteiger partial charge in [0.1, 0.15) is 11.3 Å². The first-order valence-corrected chi connectivity index (χ1v) is 8.49. The Hall–Kier alpha value is -4.47. The molecule has 0 bridgehead atoms. The second-order valence-electron chi connectivity index (χ2n) is 6.03. The summed E-state index contributed by atoms with van der Waals surface area (Å²) in [5.41, 5.74) is 18.0. The lowest BCUT2D eigenvalue weighted by Crippen LogP contribution is -2.26. The lowest BCUT2D eigenvalue weighted by atomic mass is 10.2. The van der Waals surface area contributed by atoms with E-state index in [0.29, 0.717) is 22.4 Å². The smallest absolute Gasteiger partial charge is 0.364 e. The van der Waals surface area contributed by atoms with Gasteiger partial charge in [-0.05, 0) is 18.2 Å². The summed E-state index contributed by atoms with van der Waals surface area (Å²) in [6, 6.07) is 16.1. The molecular formula is C19H16N8O2. The summed E-state index contributed by atoms with van der Waals surface area (Å²) >= 11 is 0. The van der Waals surface area contributed by atoms with E-state index in [2.05, 4.69) is 20.2 Å². The zero-order valence-corrected chi connectivity index (χ0v) is 15.1. The van der Waals surface area contributed by atoms with Crippen LogP contribution in [-0.4, -0.2) is 26.9 Å². The number of aliphatic imine (C=N–C) groups is 2. The van der Waals surface area contributed by atoms with Crippen molar-refractivity contribution in [3.05, 3.63) is 71.2 Å². The molecule has 0 unspecified atom stereocenters. The number of benzene rings is 2. The molecule has 10 nitrogen and oxygen atoms in total. The highest BCUT2D eigenvalue weighted by atomic mass is 16.4. The molecule has 10 heteroatoms. The Morgan fingerprint density at radius 2 is 1.83 bits per heavy atom. The number of nitrogens with zero attached hydrogens (tertiary/aromatic N) is 5. The average molecular weight is 388 g/mol. The summed E-state index contributed by atoms with van der Waals surface area (Å²) in [4.78, 5) is 21.4. The molecule has 0 aliphatic rings. The van der Waals surface area contributed by atoms with Crippen molar-refractivity contribution in [3.8, 4) is 16.9 Å². The standard InChI is InChI=1S/C19H16N8O2/c20-18(21)25-19(22)24-13-7-6-12-8-15(17(28)29-16(12)9-13)27-23-10-14(26-27)11-4-2-1-3-5-11/h1-10H,(H6,20,21,22,24,25). The van der Waals surface area contributed by atoms with Gasteiger partial charge >= 0.3 is 5.63 Å². The van der Waals surface area contributed by atoms with Crippen LogP contribution in [0.3, 0.4) is 0 Å². The van der Waals surface area contributed by atoms with Crippen LogP contribution in [0.1, 0.15) is 0 Å². The van der Waals surface area contributed by atoms with Gasteiger partial charge in [-0.3, -0.25) is 0 Å². The van der Waals surface area contributed by atoms with Crippen LogP contribution in [0.2, 0.25) is 0 Å². The van der Waals surface area contributed by atoms with Crippen LogP contribution in [0.25, 0.3) is 27.9 Å². The Labute approximate surface area is 164 Å². The molecule has 29 heavy (non-hydrogen) atoms. The molecular weight excluding hydrogens is 372 g/mol. The summed E-state index contributed by atoms with van der Waals surface area (Å²) in [6.45, 7) is 0. The van der Waals surface area contributed by atoms with Gasteiger partial charge in [0.15, 0.2) is 11.6 Å². The van der Waals surface area contributed by atoms with E-state index in [0.717, 1.165) is 5.56 Å². The third-order valence-electron chi connectivity index (χ3n) is 3.97. The molecule has 0 aliphatic heterocycles. The fourth-order valence-electron chi connectivity index (χ4n) is 2.71. The maximum Gasteiger partial charge on any atom is 0.364 e. The molecule has 0 saturated heterocycles. The largest absolute Gasteiger partial charge is 0.421 e. The molecule has 0 radical (unpaired) electrons. The Morgan fingerprint density at radius 1 is 1.03 bits per heavy atom. The monoisotopic (exact) mass is 388 g/mol.